The summed E-state index contributed by atoms with van der Waals surface area (Å²) in [4.78, 5) is 40.4. The lowest BCUT2D eigenvalue weighted by atomic mass is 10.1. The van der Waals surface area contributed by atoms with E-state index in [1.54, 1.807) is 60.7 Å². The Morgan fingerprint density at radius 1 is 0.544 bits per heavy atom. The van der Waals surface area contributed by atoms with Gasteiger partial charge in [-0.2, -0.15) is 26.8 Å². The van der Waals surface area contributed by atoms with E-state index in [1.807, 2.05) is 0 Å². The Bertz CT molecular complexity index is 3100. The molecule has 2 heterocycles. The third kappa shape index (κ3) is 14.3. The zero-order chi connectivity index (χ0) is 48.8. The molecule has 6 rings (SSSR count). The normalized spacial score (nSPS) is 13.1. The molecule has 0 spiro atoms. The highest BCUT2D eigenvalue weighted by Gasteiger charge is 2.19. The number of hydrogen-bond acceptors (Lipinski definition) is 16. The van der Waals surface area contributed by atoms with Gasteiger partial charge in [0.15, 0.2) is 11.8 Å². The number of aromatic amines is 4. The van der Waals surface area contributed by atoms with Crippen LogP contribution in [0.1, 0.15) is 24.0 Å². The van der Waals surface area contributed by atoms with Gasteiger partial charge in [0, 0.05) is 39.0 Å². The first-order chi connectivity index (χ1) is 32.5. The first-order valence-electron chi connectivity index (χ1n) is 20.3. The van der Waals surface area contributed by atoms with Crippen LogP contribution in [0.4, 0.5) is 34.6 Å². The van der Waals surface area contributed by atoms with Crippen molar-refractivity contribution in [2.24, 2.45) is 20.0 Å². The number of nitrogens with zero attached hydrogens (tertiary/aromatic N) is 8. The van der Waals surface area contributed by atoms with Crippen molar-refractivity contribution in [2.45, 2.75) is 22.6 Å². The fourth-order valence-corrected chi connectivity index (χ4v) is 7.69. The maximum absolute atomic E-state index is 12.8. The van der Waals surface area contributed by atoms with E-state index in [2.05, 4.69) is 49.9 Å². The second-order valence-corrected chi connectivity index (χ2v) is 17.2. The quantitative estimate of drug-likeness (QED) is 0.0227. The molecule has 0 fully saturated rings. The van der Waals surface area contributed by atoms with Crippen molar-refractivity contribution in [3.05, 3.63) is 131 Å². The average molecular weight is 971 g/mol. The molecular formula is C42H46N14O10S2. The van der Waals surface area contributed by atoms with Crippen molar-refractivity contribution in [1.29, 1.82) is 10.8 Å². The number of aliphatic hydroxyl groups excluding tert-OH is 4. The lowest BCUT2D eigenvalue weighted by Crippen LogP contribution is -2.36. The lowest BCUT2D eigenvalue weighted by Gasteiger charge is -2.21. The van der Waals surface area contributed by atoms with Crippen LogP contribution in [-0.4, -0.2) is 127 Å². The molecule has 12 N–H and O–H groups in total. The van der Waals surface area contributed by atoms with E-state index in [0.717, 1.165) is 12.1 Å². The van der Waals surface area contributed by atoms with Gasteiger partial charge in [0.25, 0.3) is 20.2 Å². The number of nitrogens with one attached hydrogen (secondary N) is 6. The van der Waals surface area contributed by atoms with Crippen LogP contribution < -0.4 is 32.3 Å². The molecule has 24 nitrogen and oxygen atoms in total. The molecule has 0 atom stereocenters. The molecule has 0 aliphatic carbocycles. The Kier molecular flexibility index (Phi) is 16.4. The van der Waals surface area contributed by atoms with Crippen LogP contribution in [0.2, 0.25) is 0 Å². The molecule has 0 bridgehead atoms. The molecule has 0 radical (unpaired) electrons. The van der Waals surface area contributed by atoms with E-state index in [0.29, 0.717) is 11.4 Å². The van der Waals surface area contributed by atoms with Gasteiger partial charge in [-0.25, -0.2) is 20.0 Å². The largest absolute Gasteiger partial charge is 0.497 e. The van der Waals surface area contributed by atoms with Crippen molar-refractivity contribution in [3.8, 4) is 0 Å². The number of benzene rings is 4. The first-order valence-corrected chi connectivity index (χ1v) is 23.2. The molecular weight excluding hydrogens is 925 g/mol. The highest BCUT2D eigenvalue weighted by Crippen LogP contribution is 2.27. The number of hydrogen-bond donors (Lipinski definition) is 12. The Labute approximate surface area is 387 Å². The minimum Gasteiger partial charge on any atom is -0.497 e. The SMILES string of the molecule is N=C(O)CCN(CCO)c1nc(=Nc2ccccc2)[nH]c(=Nc2ccc(/C=C/c3ccc(N=c4[nH]c(N(CCO)CCC(=N)O)nc(=Nc5ccccc5)[nH]4)cc3S(=O)(=O)O)c(S(=O)(=O)O)c2)[nH]1. The maximum atomic E-state index is 12.8. The number of aromatic nitrogens is 6. The highest BCUT2D eigenvalue weighted by atomic mass is 32.2. The Balaban J connectivity index is 1.41. The van der Waals surface area contributed by atoms with Crippen molar-refractivity contribution < 1.29 is 46.4 Å². The number of rotatable bonds is 20. The Morgan fingerprint density at radius 2 is 0.926 bits per heavy atom. The van der Waals surface area contributed by atoms with E-state index in [-0.39, 0.29) is 109 Å². The van der Waals surface area contributed by atoms with Gasteiger partial charge in [0.05, 0.1) is 36.0 Å². The molecule has 0 aliphatic rings. The van der Waals surface area contributed by atoms with Crippen LogP contribution in [0.15, 0.2) is 127 Å². The average Bonchev–Trinajstić information content (AvgIpc) is 3.28. The van der Waals surface area contributed by atoms with Crippen LogP contribution >= 0.6 is 0 Å². The standard InChI is InChI=1S/C42H46N14O10S2/c43-35(59)17-19-55(21-23-57)41-51-37(45-29-7-3-1-4-8-29)49-39(53-41)47-31-15-13-27(33(25-31)67(61,62)63)11-12-28-14-16-32(26-34(28)68(64,65)66)48-40-50-38(46-30-9-5-2-6-10-30)52-42(54-40)56(22-24-58)20-18-36(44)60/h1-16,25-26,57-58H,17-24H2,(H2,43,59)(H2,44,60)(H,61,62,63)(H,64,65,66)(H2,45,47,49,51,53)(H2,46,48,50,52,54)/b12-11+. The van der Waals surface area contributed by atoms with Gasteiger partial charge in [-0.05, 0) is 59.7 Å². The van der Waals surface area contributed by atoms with Crippen molar-refractivity contribution in [2.75, 3.05) is 49.2 Å². The molecule has 0 saturated carbocycles. The molecule has 0 aliphatic heterocycles. The topological polar surface area (TPSA) is 382 Å². The molecule has 356 valence electrons. The van der Waals surface area contributed by atoms with Crippen molar-refractivity contribution >= 4 is 78.8 Å². The third-order valence-corrected chi connectivity index (χ3v) is 11.2. The molecule has 26 heteroatoms. The summed E-state index contributed by atoms with van der Waals surface area (Å²) in [6, 6.07) is 25.0. The van der Waals surface area contributed by atoms with Crippen molar-refractivity contribution in [3.63, 3.8) is 0 Å². The fourth-order valence-electron chi connectivity index (χ4n) is 6.28. The summed E-state index contributed by atoms with van der Waals surface area (Å²) in [6.07, 6.45) is 2.26. The summed E-state index contributed by atoms with van der Waals surface area (Å²) in [5.74, 6) is -0.931. The third-order valence-electron chi connectivity index (χ3n) is 9.38. The summed E-state index contributed by atoms with van der Waals surface area (Å²) in [6.45, 7) is -0.410. The van der Waals surface area contributed by atoms with E-state index in [1.165, 1.54) is 46.2 Å². The zero-order valence-corrected chi connectivity index (χ0v) is 37.4. The van der Waals surface area contributed by atoms with Gasteiger partial charge in [-0.3, -0.25) is 39.9 Å². The van der Waals surface area contributed by atoms with Gasteiger partial charge >= 0.3 is 0 Å². The van der Waals surface area contributed by atoms with E-state index < -0.39 is 41.8 Å². The number of aliphatic hydroxyl groups is 4. The molecule has 0 amide bonds. The predicted octanol–water partition coefficient (Wildman–Crippen LogP) is 2.83. The smallest absolute Gasteiger partial charge is 0.295 e. The van der Waals surface area contributed by atoms with Crippen LogP contribution in [0.5, 0.6) is 0 Å². The summed E-state index contributed by atoms with van der Waals surface area (Å²) < 4.78 is 71.8. The molecule has 0 unspecified atom stereocenters. The van der Waals surface area contributed by atoms with Gasteiger partial charge < -0.3 is 30.2 Å². The van der Waals surface area contributed by atoms with E-state index >= 15 is 0 Å². The molecule has 4 aromatic carbocycles. The molecule has 0 saturated heterocycles. The summed E-state index contributed by atoms with van der Waals surface area (Å²) in [5, 5.41) is 53.4. The van der Waals surface area contributed by atoms with Crippen LogP contribution in [0, 0.1) is 10.8 Å². The van der Waals surface area contributed by atoms with Crippen molar-refractivity contribution in [1.82, 2.24) is 29.9 Å². The van der Waals surface area contributed by atoms with Crippen LogP contribution in [0.25, 0.3) is 12.2 Å². The first kappa shape index (κ1) is 49.6. The molecule has 2 aromatic heterocycles. The van der Waals surface area contributed by atoms with Gasteiger partial charge in [0.2, 0.25) is 34.4 Å². The van der Waals surface area contributed by atoms with E-state index in [4.69, 9.17) is 10.8 Å². The number of H-pyrrole nitrogens is 4. The molecule has 68 heavy (non-hydrogen) atoms. The summed E-state index contributed by atoms with van der Waals surface area (Å²) >= 11 is 0. The van der Waals surface area contributed by atoms with Gasteiger partial charge in [-0.15, -0.1) is 0 Å². The Hall–Kier alpha value is -7.88. The van der Waals surface area contributed by atoms with Crippen LogP contribution in [0.3, 0.4) is 0 Å². The fraction of sp³-hybridized carbons (Fsp3) is 0.190. The monoisotopic (exact) mass is 970 g/mol. The number of para-hydroxylation sites is 2. The summed E-state index contributed by atoms with van der Waals surface area (Å²) in [7, 11) is -9.91. The van der Waals surface area contributed by atoms with Crippen LogP contribution in [-0.2, 0) is 20.2 Å². The minimum absolute atomic E-state index is 0.000440. The minimum atomic E-state index is -4.96. The Morgan fingerprint density at radius 3 is 1.26 bits per heavy atom. The predicted molar refractivity (Wildman–Crippen MR) is 250 cm³/mol. The van der Waals surface area contributed by atoms with Gasteiger partial charge in [0.1, 0.15) is 9.79 Å². The summed E-state index contributed by atoms with van der Waals surface area (Å²) in [5.41, 5.74) is 0.898. The van der Waals surface area contributed by atoms with E-state index in [9.17, 15) is 46.4 Å². The lowest BCUT2D eigenvalue weighted by molar-refractivity contribution is 0.300. The molecule has 6 aromatic rings. The number of anilines is 2. The zero-order valence-electron chi connectivity index (χ0n) is 35.8. The highest BCUT2D eigenvalue weighted by molar-refractivity contribution is 7.86. The van der Waals surface area contributed by atoms with Gasteiger partial charge in [-0.1, -0.05) is 60.7 Å². The second-order valence-electron chi connectivity index (χ2n) is 14.4. The second kappa shape index (κ2) is 22.5. The maximum Gasteiger partial charge on any atom is 0.295 e.